The molecule has 2 nitrogen and oxygen atoms in total. The van der Waals surface area contributed by atoms with Crippen LogP contribution in [0.15, 0.2) is 54.9 Å². The fourth-order valence-corrected chi connectivity index (χ4v) is 3.15. The van der Waals surface area contributed by atoms with Crippen LogP contribution in [0.4, 0.5) is 0 Å². The maximum absolute atomic E-state index is 6.50. The average molecular weight is 289 g/mol. The van der Waals surface area contributed by atoms with Crippen molar-refractivity contribution < 1.29 is 0 Å². The Balaban J connectivity index is 1.89. The molecular weight excluding hydrogens is 276 g/mol. The predicted octanol–water partition coefficient (Wildman–Crippen LogP) is 4.57. The average Bonchev–Trinajstić information content (AvgIpc) is 3.08. The number of halogens is 1. The van der Waals surface area contributed by atoms with Gasteiger partial charge in [0.1, 0.15) is 0 Å². The first kappa shape index (κ1) is 12.5. The van der Waals surface area contributed by atoms with E-state index in [0.29, 0.717) is 0 Å². The van der Waals surface area contributed by atoms with E-state index in [0.717, 1.165) is 16.1 Å². The van der Waals surface area contributed by atoms with E-state index in [4.69, 9.17) is 11.6 Å². The van der Waals surface area contributed by atoms with Crippen molar-refractivity contribution in [1.82, 2.24) is 9.78 Å². The number of hydrogen-bond donors (Lipinski definition) is 0. The molecule has 4 heteroatoms. The Kier molecular flexibility index (Phi) is 3.40. The Bertz CT molecular complexity index is 672. The van der Waals surface area contributed by atoms with Crippen molar-refractivity contribution in [2.24, 2.45) is 0 Å². The highest BCUT2D eigenvalue weighted by atomic mass is 35.5. The standard InChI is InChI=1S/C15H13ClN2S/c1-11-7-8-14(19-11)15(16)12-9-17-18(10-12)13-5-3-2-4-6-13/h2-10,15H,1H3. The van der Waals surface area contributed by atoms with Crippen LogP contribution < -0.4 is 0 Å². The van der Waals surface area contributed by atoms with Crippen LogP contribution in [0.25, 0.3) is 5.69 Å². The molecule has 0 aliphatic rings. The van der Waals surface area contributed by atoms with Gasteiger partial charge in [0.15, 0.2) is 0 Å². The molecule has 0 N–H and O–H groups in total. The summed E-state index contributed by atoms with van der Waals surface area (Å²) in [6.45, 7) is 2.09. The maximum atomic E-state index is 6.50. The molecule has 0 aliphatic heterocycles. The molecule has 0 saturated carbocycles. The van der Waals surface area contributed by atoms with E-state index in [1.807, 2.05) is 47.4 Å². The molecule has 2 heterocycles. The summed E-state index contributed by atoms with van der Waals surface area (Å²) in [6, 6.07) is 14.2. The third-order valence-electron chi connectivity index (χ3n) is 2.93. The Morgan fingerprint density at radius 1 is 1.16 bits per heavy atom. The van der Waals surface area contributed by atoms with Crippen LogP contribution in [0.3, 0.4) is 0 Å². The molecule has 0 bridgehead atoms. The van der Waals surface area contributed by atoms with Gasteiger partial charge in [-0.2, -0.15) is 5.10 Å². The number of thiophene rings is 1. The van der Waals surface area contributed by atoms with Gasteiger partial charge >= 0.3 is 0 Å². The quantitative estimate of drug-likeness (QED) is 0.646. The van der Waals surface area contributed by atoms with Crippen molar-refractivity contribution in [2.45, 2.75) is 12.3 Å². The predicted molar refractivity (Wildman–Crippen MR) is 80.3 cm³/mol. The summed E-state index contributed by atoms with van der Waals surface area (Å²) in [5.41, 5.74) is 2.06. The van der Waals surface area contributed by atoms with Crippen LogP contribution in [0.2, 0.25) is 0 Å². The minimum Gasteiger partial charge on any atom is -0.241 e. The van der Waals surface area contributed by atoms with Gasteiger partial charge in [-0.15, -0.1) is 22.9 Å². The fraction of sp³-hybridized carbons (Fsp3) is 0.133. The molecule has 0 saturated heterocycles. The highest BCUT2D eigenvalue weighted by molar-refractivity contribution is 7.12. The van der Waals surface area contributed by atoms with Gasteiger partial charge in [-0.1, -0.05) is 18.2 Å². The zero-order chi connectivity index (χ0) is 13.2. The molecule has 96 valence electrons. The van der Waals surface area contributed by atoms with Crippen molar-refractivity contribution in [1.29, 1.82) is 0 Å². The zero-order valence-corrected chi connectivity index (χ0v) is 12.0. The molecule has 2 aromatic heterocycles. The van der Waals surface area contributed by atoms with Crippen molar-refractivity contribution in [3.63, 3.8) is 0 Å². The van der Waals surface area contributed by atoms with Crippen LogP contribution in [0, 0.1) is 6.92 Å². The summed E-state index contributed by atoms with van der Waals surface area (Å²) < 4.78 is 1.85. The number of para-hydroxylation sites is 1. The fourth-order valence-electron chi connectivity index (χ4n) is 1.94. The summed E-state index contributed by atoms with van der Waals surface area (Å²) in [4.78, 5) is 2.43. The smallest absolute Gasteiger partial charge is 0.0958 e. The van der Waals surface area contributed by atoms with Crippen LogP contribution in [-0.2, 0) is 0 Å². The Morgan fingerprint density at radius 3 is 2.63 bits per heavy atom. The van der Waals surface area contributed by atoms with Crippen molar-refractivity contribution in [3.8, 4) is 5.69 Å². The van der Waals surface area contributed by atoms with Crippen molar-refractivity contribution in [2.75, 3.05) is 0 Å². The largest absolute Gasteiger partial charge is 0.241 e. The number of nitrogens with zero attached hydrogens (tertiary/aromatic N) is 2. The first-order chi connectivity index (χ1) is 9.24. The minimum atomic E-state index is -0.129. The number of rotatable bonds is 3. The molecule has 0 fully saturated rings. The first-order valence-electron chi connectivity index (χ1n) is 6.04. The molecule has 0 aliphatic carbocycles. The second kappa shape index (κ2) is 5.19. The molecule has 3 aromatic rings. The Labute approximate surface area is 121 Å². The molecule has 0 amide bonds. The third-order valence-corrected chi connectivity index (χ3v) is 4.61. The van der Waals surface area contributed by atoms with E-state index in [-0.39, 0.29) is 5.38 Å². The lowest BCUT2D eigenvalue weighted by Gasteiger charge is -2.03. The molecule has 19 heavy (non-hydrogen) atoms. The third kappa shape index (κ3) is 2.57. The molecular formula is C15H13ClN2S. The summed E-state index contributed by atoms with van der Waals surface area (Å²) >= 11 is 8.23. The van der Waals surface area contributed by atoms with Gasteiger partial charge in [-0.3, -0.25) is 0 Å². The molecule has 1 unspecified atom stereocenters. The van der Waals surface area contributed by atoms with E-state index in [1.54, 1.807) is 11.3 Å². The molecule has 0 radical (unpaired) electrons. The lowest BCUT2D eigenvalue weighted by molar-refractivity contribution is 0.880. The lowest BCUT2D eigenvalue weighted by atomic mass is 10.2. The molecule has 1 aromatic carbocycles. The Morgan fingerprint density at radius 2 is 1.95 bits per heavy atom. The number of alkyl halides is 1. The van der Waals surface area contributed by atoms with E-state index in [2.05, 4.69) is 24.2 Å². The summed E-state index contributed by atoms with van der Waals surface area (Å²) in [6.07, 6.45) is 3.82. The van der Waals surface area contributed by atoms with Gasteiger partial charge in [-0.25, -0.2) is 4.68 Å². The highest BCUT2D eigenvalue weighted by Gasteiger charge is 2.15. The van der Waals surface area contributed by atoms with Gasteiger partial charge < -0.3 is 0 Å². The van der Waals surface area contributed by atoms with Gasteiger partial charge in [0.2, 0.25) is 0 Å². The molecule has 1 atom stereocenters. The van der Waals surface area contributed by atoms with Gasteiger partial charge in [0, 0.05) is 21.5 Å². The summed E-state index contributed by atoms with van der Waals surface area (Å²) in [5, 5.41) is 4.25. The van der Waals surface area contributed by atoms with E-state index < -0.39 is 0 Å². The minimum absolute atomic E-state index is 0.129. The SMILES string of the molecule is Cc1ccc(C(Cl)c2cnn(-c3ccccc3)c2)s1. The number of benzene rings is 1. The normalized spacial score (nSPS) is 12.5. The second-order valence-electron chi connectivity index (χ2n) is 4.36. The topological polar surface area (TPSA) is 17.8 Å². The van der Waals surface area contributed by atoms with Crippen molar-refractivity contribution in [3.05, 3.63) is 70.2 Å². The first-order valence-corrected chi connectivity index (χ1v) is 7.30. The van der Waals surface area contributed by atoms with Crippen LogP contribution >= 0.6 is 22.9 Å². The summed E-state index contributed by atoms with van der Waals surface area (Å²) in [7, 11) is 0. The van der Waals surface area contributed by atoms with Crippen LogP contribution in [0.5, 0.6) is 0 Å². The second-order valence-corrected chi connectivity index (χ2v) is 6.12. The number of aryl methyl sites for hydroxylation is 1. The molecule has 3 rings (SSSR count). The molecule has 0 spiro atoms. The monoisotopic (exact) mass is 288 g/mol. The zero-order valence-electron chi connectivity index (χ0n) is 10.5. The van der Waals surface area contributed by atoms with E-state index in [9.17, 15) is 0 Å². The van der Waals surface area contributed by atoms with E-state index >= 15 is 0 Å². The van der Waals surface area contributed by atoms with Crippen LogP contribution in [-0.4, -0.2) is 9.78 Å². The maximum Gasteiger partial charge on any atom is 0.0958 e. The number of aromatic nitrogens is 2. The summed E-state index contributed by atoms with van der Waals surface area (Å²) in [5.74, 6) is 0. The Hall–Kier alpha value is -1.58. The van der Waals surface area contributed by atoms with Crippen LogP contribution in [0.1, 0.15) is 20.7 Å². The van der Waals surface area contributed by atoms with Gasteiger partial charge in [0.25, 0.3) is 0 Å². The van der Waals surface area contributed by atoms with Crippen molar-refractivity contribution >= 4 is 22.9 Å². The van der Waals surface area contributed by atoms with Gasteiger partial charge in [-0.05, 0) is 31.2 Å². The number of hydrogen-bond acceptors (Lipinski definition) is 2. The highest BCUT2D eigenvalue weighted by Crippen LogP contribution is 2.33. The van der Waals surface area contributed by atoms with E-state index in [1.165, 1.54) is 4.88 Å². The van der Waals surface area contributed by atoms with Gasteiger partial charge in [0.05, 0.1) is 17.3 Å². The lowest BCUT2D eigenvalue weighted by Crippen LogP contribution is -1.93.